The molecule has 0 aliphatic rings. The van der Waals surface area contributed by atoms with E-state index in [4.69, 9.17) is 0 Å². The zero-order valence-electron chi connectivity index (χ0n) is 12.0. The predicted molar refractivity (Wildman–Crippen MR) is 83.7 cm³/mol. The van der Waals surface area contributed by atoms with E-state index in [9.17, 15) is 10.1 Å². The molecule has 0 N–H and O–H groups in total. The average Bonchev–Trinajstić information content (AvgIpc) is 2.92. The van der Waals surface area contributed by atoms with Crippen molar-refractivity contribution in [3.05, 3.63) is 75.5 Å². The van der Waals surface area contributed by atoms with E-state index in [1.807, 2.05) is 55.5 Å². The van der Waals surface area contributed by atoms with Gasteiger partial charge in [0, 0.05) is 6.08 Å². The molecule has 6 heteroatoms. The van der Waals surface area contributed by atoms with Crippen molar-refractivity contribution in [2.75, 3.05) is 0 Å². The molecule has 0 unspecified atom stereocenters. The van der Waals surface area contributed by atoms with Crippen LogP contribution >= 0.6 is 0 Å². The molecular formula is C16H14N4O2. The number of nitro groups is 1. The molecule has 0 saturated carbocycles. The topological polar surface area (TPSA) is 73.8 Å². The Morgan fingerprint density at radius 3 is 2.68 bits per heavy atom. The van der Waals surface area contributed by atoms with Gasteiger partial charge in [0.25, 0.3) is 5.70 Å². The fourth-order valence-electron chi connectivity index (χ4n) is 2.20. The summed E-state index contributed by atoms with van der Waals surface area (Å²) >= 11 is 0. The molecule has 1 aromatic heterocycles. The van der Waals surface area contributed by atoms with Crippen LogP contribution in [0.15, 0.2) is 54.2 Å². The van der Waals surface area contributed by atoms with E-state index in [2.05, 4.69) is 10.3 Å². The maximum atomic E-state index is 11.3. The van der Waals surface area contributed by atoms with Gasteiger partial charge in [0.2, 0.25) is 0 Å². The molecule has 22 heavy (non-hydrogen) atoms. The summed E-state index contributed by atoms with van der Waals surface area (Å²) in [5.41, 5.74) is 3.47. The highest BCUT2D eigenvalue weighted by molar-refractivity contribution is 5.73. The van der Waals surface area contributed by atoms with Crippen molar-refractivity contribution in [2.24, 2.45) is 0 Å². The number of aromatic nitrogens is 3. The molecule has 1 heterocycles. The maximum absolute atomic E-state index is 11.3. The summed E-state index contributed by atoms with van der Waals surface area (Å²) in [6.07, 6.45) is 1.57. The van der Waals surface area contributed by atoms with E-state index >= 15 is 0 Å². The van der Waals surface area contributed by atoms with Gasteiger partial charge in [0.15, 0.2) is 0 Å². The summed E-state index contributed by atoms with van der Waals surface area (Å²) in [6.45, 7) is 2.05. The lowest BCUT2D eigenvalue weighted by molar-refractivity contribution is -0.427. The molecule has 3 rings (SSSR count). The van der Waals surface area contributed by atoms with E-state index in [0.29, 0.717) is 0 Å². The quantitative estimate of drug-likeness (QED) is 0.547. The molecule has 0 bridgehead atoms. The summed E-state index contributed by atoms with van der Waals surface area (Å²) in [5.74, 6) is 0. The van der Waals surface area contributed by atoms with E-state index < -0.39 is 0 Å². The molecule has 0 spiro atoms. The monoisotopic (exact) mass is 294 g/mol. The molecule has 110 valence electrons. The Morgan fingerprint density at radius 1 is 1.23 bits per heavy atom. The van der Waals surface area contributed by atoms with Crippen molar-refractivity contribution in [3.8, 4) is 0 Å². The minimum absolute atomic E-state index is 0.0690. The first-order valence-corrected chi connectivity index (χ1v) is 6.83. The third kappa shape index (κ3) is 2.85. The van der Waals surface area contributed by atoms with Gasteiger partial charge in [-0.05, 0) is 24.6 Å². The predicted octanol–water partition coefficient (Wildman–Crippen LogP) is 3.06. The number of hydrogen-bond donors (Lipinski definition) is 0. The summed E-state index contributed by atoms with van der Waals surface area (Å²) in [7, 11) is 0. The highest BCUT2D eigenvalue weighted by atomic mass is 16.6. The fraction of sp³-hybridized carbons (Fsp3) is 0.125. The molecule has 0 aliphatic heterocycles. The molecule has 0 saturated heterocycles. The Labute approximate surface area is 126 Å². The van der Waals surface area contributed by atoms with Crippen molar-refractivity contribution >= 4 is 17.1 Å². The number of nitrogens with zero attached hydrogens (tertiary/aromatic N) is 4. The standard InChI is InChI=1S/C16H14N4O2/c1-12-6-8-13(9-7-12)10-14(20(21)22)11-19-16-5-3-2-4-15(16)17-18-19/h2-10H,11H2,1H3/b14-10-. The van der Waals surface area contributed by atoms with Gasteiger partial charge in [0.1, 0.15) is 12.1 Å². The maximum Gasteiger partial charge on any atom is 0.268 e. The van der Waals surface area contributed by atoms with Crippen molar-refractivity contribution < 1.29 is 4.92 Å². The highest BCUT2D eigenvalue weighted by Crippen LogP contribution is 2.14. The van der Waals surface area contributed by atoms with E-state index in [1.165, 1.54) is 4.68 Å². The normalized spacial score (nSPS) is 11.8. The molecule has 0 fully saturated rings. The number of benzene rings is 2. The first-order valence-electron chi connectivity index (χ1n) is 6.83. The van der Waals surface area contributed by atoms with Crippen LogP contribution in [0.5, 0.6) is 0 Å². The lowest BCUT2D eigenvalue weighted by Crippen LogP contribution is -2.09. The molecule has 0 amide bonds. The number of fused-ring (bicyclic) bond motifs is 1. The minimum atomic E-state index is -0.379. The van der Waals surface area contributed by atoms with Gasteiger partial charge in [-0.2, -0.15) is 0 Å². The van der Waals surface area contributed by atoms with Gasteiger partial charge >= 0.3 is 0 Å². The van der Waals surface area contributed by atoms with Crippen LogP contribution < -0.4 is 0 Å². The van der Waals surface area contributed by atoms with Crippen molar-refractivity contribution in [3.63, 3.8) is 0 Å². The van der Waals surface area contributed by atoms with Crippen LogP contribution in [-0.2, 0) is 6.54 Å². The van der Waals surface area contributed by atoms with Crippen LogP contribution in [0.4, 0.5) is 0 Å². The van der Waals surface area contributed by atoms with Gasteiger partial charge in [-0.15, -0.1) is 5.10 Å². The lowest BCUT2D eigenvalue weighted by Gasteiger charge is -2.01. The molecule has 0 radical (unpaired) electrons. The third-order valence-electron chi connectivity index (χ3n) is 3.38. The Balaban J connectivity index is 1.95. The molecule has 0 atom stereocenters. The van der Waals surface area contributed by atoms with Gasteiger partial charge in [-0.25, -0.2) is 4.68 Å². The minimum Gasteiger partial charge on any atom is -0.259 e. The molecular weight excluding hydrogens is 280 g/mol. The number of hydrogen-bond acceptors (Lipinski definition) is 4. The number of allylic oxidation sites excluding steroid dienone is 1. The van der Waals surface area contributed by atoms with Crippen molar-refractivity contribution in [1.82, 2.24) is 15.0 Å². The Hall–Kier alpha value is -3.02. The second-order valence-electron chi connectivity index (χ2n) is 5.04. The van der Waals surface area contributed by atoms with Crippen LogP contribution in [-0.4, -0.2) is 19.9 Å². The molecule has 0 aliphatic carbocycles. The number of para-hydroxylation sites is 1. The van der Waals surface area contributed by atoms with Crippen LogP contribution in [0.3, 0.4) is 0 Å². The number of aryl methyl sites for hydroxylation is 1. The smallest absolute Gasteiger partial charge is 0.259 e. The molecule has 3 aromatic rings. The summed E-state index contributed by atoms with van der Waals surface area (Å²) < 4.78 is 1.54. The van der Waals surface area contributed by atoms with Crippen molar-refractivity contribution in [1.29, 1.82) is 0 Å². The Bertz CT molecular complexity index is 850. The fourth-order valence-corrected chi connectivity index (χ4v) is 2.20. The zero-order chi connectivity index (χ0) is 15.5. The summed E-state index contributed by atoms with van der Waals surface area (Å²) in [6, 6.07) is 15.0. The van der Waals surface area contributed by atoms with Crippen LogP contribution in [0.1, 0.15) is 11.1 Å². The number of rotatable bonds is 4. The van der Waals surface area contributed by atoms with Crippen LogP contribution in [0, 0.1) is 17.0 Å². The molecule has 6 nitrogen and oxygen atoms in total. The zero-order valence-corrected chi connectivity index (χ0v) is 12.0. The molecule has 2 aromatic carbocycles. The van der Waals surface area contributed by atoms with Crippen molar-refractivity contribution in [2.45, 2.75) is 13.5 Å². The third-order valence-corrected chi connectivity index (χ3v) is 3.38. The van der Waals surface area contributed by atoms with Gasteiger partial charge in [-0.3, -0.25) is 10.1 Å². The van der Waals surface area contributed by atoms with Gasteiger partial charge < -0.3 is 0 Å². The van der Waals surface area contributed by atoms with E-state index in [-0.39, 0.29) is 17.2 Å². The second kappa shape index (κ2) is 5.77. The highest BCUT2D eigenvalue weighted by Gasteiger charge is 2.14. The lowest BCUT2D eigenvalue weighted by atomic mass is 10.1. The van der Waals surface area contributed by atoms with E-state index in [1.54, 1.807) is 6.08 Å². The summed E-state index contributed by atoms with van der Waals surface area (Å²) in [4.78, 5) is 10.9. The second-order valence-corrected chi connectivity index (χ2v) is 5.04. The van der Waals surface area contributed by atoms with Gasteiger partial charge in [-0.1, -0.05) is 47.2 Å². The van der Waals surface area contributed by atoms with Crippen LogP contribution in [0.2, 0.25) is 0 Å². The first kappa shape index (κ1) is 13.9. The summed E-state index contributed by atoms with van der Waals surface area (Å²) in [5, 5.41) is 19.3. The Kier molecular flexibility index (Phi) is 3.65. The van der Waals surface area contributed by atoms with Gasteiger partial charge in [0.05, 0.1) is 10.4 Å². The Morgan fingerprint density at radius 2 is 1.95 bits per heavy atom. The largest absolute Gasteiger partial charge is 0.268 e. The first-order chi connectivity index (χ1) is 10.6. The van der Waals surface area contributed by atoms with E-state index in [0.717, 1.165) is 22.2 Å². The van der Waals surface area contributed by atoms with Crippen LogP contribution in [0.25, 0.3) is 17.1 Å². The average molecular weight is 294 g/mol. The SMILES string of the molecule is Cc1ccc(/C=C(/Cn2nnc3ccccc32)[N+](=O)[O-])cc1.